The zero-order valence-electron chi connectivity index (χ0n) is 16.2. The normalized spacial score (nSPS) is 21.8. The van der Waals surface area contributed by atoms with E-state index in [4.69, 9.17) is 4.74 Å². The number of ether oxygens (including phenoxy) is 1. The highest BCUT2D eigenvalue weighted by Gasteiger charge is 2.49. The van der Waals surface area contributed by atoms with Crippen molar-refractivity contribution < 1.29 is 22.7 Å². The molecule has 2 atom stereocenters. The maximum Gasteiger partial charge on any atom is 0.333 e. The Labute approximate surface area is 166 Å². The molecule has 0 amide bonds. The largest absolute Gasteiger partial charge is 0.468 e. The summed E-state index contributed by atoms with van der Waals surface area (Å²) in [4.78, 5) is 12.8. The predicted molar refractivity (Wildman–Crippen MR) is 102 cm³/mol. The van der Waals surface area contributed by atoms with Crippen molar-refractivity contribution in [3.8, 4) is 0 Å². The highest BCUT2D eigenvalue weighted by Crippen LogP contribution is 2.50. The van der Waals surface area contributed by atoms with E-state index < -0.39 is 17.9 Å². The summed E-state index contributed by atoms with van der Waals surface area (Å²) in [6.07, 6.45) is 3.01. The molecule has 2 aromatic carbocycles. The summed E-state index contributed by atoms with van der Waals surface area (Å²) in [7, 11) is 1.33. The molecule has 29 heavy (non-hydrogen) atoms. The maximum absolute atomic E-state index is 14.2. The van der Waals surface area contributed by atoms with Crippen molar-refractivity contribution in [2.24, 2.45) is 0 Å². The van der Waals surface area contributed by atoms with Gasteiger partial charge in [-0.15, -0.1) is 0 Å². The molecular formula is C22H21F3N2O2. The Balaban J connectivity index is 1.75. The van der Waals surface area contributed by atoms with E-state index >= 15 is 0 Å². The molecule has 3 aromatic rings. The summed E-state index contributed by atoms with van der Waals surface area (Å²) >= 11 is 0. The Morgan fingerprint density at radius 3 is 2.83 bits per heavy atom. The predicted octanol–water partition coefficient (Wildman–Crippen LogP) is 5.26. The van der Waals surface area contributed by atoms with Crippen LogP contribution >= 0.6 is 0 Å². The number of halogens is 3. The van der Waals surface area contributed by atoms with E-state index in [1.807, 2.05) is 6.07 Å². The molecule has 1 saturated carbocycles. The molecule has 0 spiro atoms. The zero-order valence-corrected chi connectivity index (χ0v) is 16.2. The first-order valence-electron chi connectivity index (χ1n) is 9.46. The highest BCUT2D eigenvalue weighted by molar-refractivity contribution is 5.85. The molecule has 4 rings (SSSR count). The van der Waals surface area contributed by atoms with Crippen molar-refractivity contribution in [2.75, 3.05) is 7.11 Å². The van der Waals surface area contributed by atoms with Gasteiger partial charge in [-0.2, -0.15) is 13.9 Å². The molecule has 152 valence electrons. The highest BCUT2D eigenvalue weighted by atomic mass is 19.3. The number of rotatable bonds is 4. The van der Waals surface area contributed by atoms with E-state index in [2.05, 4.69) is 5.10 Å². The van der Waals surface area contributed by atoms with E-state index in [-0.39, 0.29) is 11.7 Å². The SMILES string of the molecule is COC(=O)[C@@]1(c2cccc(F)c2C)CCC(c2ccc3cnn(C(F)F)c3c2)C1. The average molecular weight is 402 g/mol. The quantitative estimate of drug-likeness (QED) is 0.560. The Morgan fingerprint density at radius 1 is 1.31 bits per heavy atom. The molecule has 7 heteroatoms. The Kier molecular flexibility index (Phi) is 4.84. The number of esters is 1. The molecule has 0 N–H and O–H groups in total. The van der Waals surface area contributed by atoms with Gasteiger partial charge in [-0.1, -0.05) is 24.3 Å². The first-order chi connectivity index (χ1) is 13.9. The molecule has 1 aromatic heterocycles. The van der Waals surface area contributed by atoms with Gasteiger partial charge in [-0.25, -0.2) is 9.07 Å². The van der Waals surface area contributed by atoms with E-state index in [1.165, 1.54) is 19.4 Å². The summed E-state index contributed by atoms with van der Waals surface area (Å²) in [6, 6.07) is 10.1. The van der Waals surface area contributed by atoms with Crippen LogP contribution < -0.4 is 0 Å². The van der Waals surface area contributed by atoms with Crippen LogP contribution in [0.3, 0.4) is 0 Å². The minimum absolute atomic E-state index is 0.0396. The number of aromatic nitrogens is 2. The number of alkyl halides is 2. The molecule has 1 unspecified atom stereocenters. The molecule has 0 radical (unpaired) electrons. The van der Waals surface area contributed by atoms with Gasteiger partial charge in [0.1, 0.15) is 5.82 Å². The monoisotopic (exact) mass is 402 g/mol. The fourth-order valence-corrected chi connectivity index (χ4v) is 4.66. The van der Waals surface area contributed by atoms with Crippen molar-refractivity contribution in [1.82, 2.24) is 9.78 Å². The molecule has 1 fully saturated rings. The van der Waals surface area contributed by atoms with Gasteiger partial charge in [0.15, 0.2) is 0 Å². The second kappa shape index (κ2) is 7.21. The second-order valence-corrected chi connectivity index (χ2v) is 7.61. The molecule has 0 aliphatic heterocycles. The smallest absolute Gasteiger partial charge is 0.333 e. The van der Waals surface area contributed by atoms with Gasteiger partial charge in [-0.3, -0.25) is 4.79 Å². The molecule has 1 heterocycles. The summed E-state index contributed by atoms with van der Waals surface area (Å²) in [5.74, 6) is -0.800. The fraction of sp³-hybridized carbons (Fsp3) is 0.364. The summed E-state index contributed by atoms with van der Waals surface area (Å²) in [5, 5.41) is 4.38. The van der Waals surface area contributed by atoms with Crippen LogP contribution in [0.5, 0.6) is 0 Å². The third-order valence-corrected chi connectivity index (χ3v) is 6.15. The minimum Gasteiger partial charge on any atom is -0.468 e. The lowest BCUT2D eigenvalue weighted by Crippen LogP contribution is -2.35. The van der Waals surface area contributed by atoms with Crippen molar-refractivity contribution in [2.45, 2.75) is 44.1 Å². The molecule has 0 bridgehead atoms. The van der Waals surface area contributed by atoms with Crippen LogP contribution in [0.2, 0.25) is 0 Å². The summed E-state index contributed by atoms with van der Waals surface area (Å²) < 4.78 is 46.5. The van der Waals surface area contributed by atoms with Gasteiger partial charge in [0, 0.05) is 5.39 Å². The molecule has 0 saturated heterocycles. The number of methoxy groups -OCH3 is 1. The number of nitrogens with zero attached hydrogens (tertiary/aromatic N) is 2. The lowest BCUT2D eigenvalue weighted by Gasteiger charge is -2.29. The first kappa shape index (κ1) is 19.5. The topological polar surface area (TPSA) is 44.1 Å². The lowest BCUT2D eigenvalue weighted by molar-refractivity contribution is -0.147. The summed E-state index contributed by atoms with van der Waals surface area (Å²) in [5.41, 5.74) is 1.33. The van der Waals surface area contributed by atoms with Crippen molar-refractivity contribution in [1.29, 1.82) is 0 Å². The lowest BCUT2D eigenvalue weighted by atomic mass is 9.75. The van der Waals surface area contributed by atoms with Crippen LogP contribution in [0.4, 0.5) is 13.2 Å². The Hall–Kier alpha value is -2.83. The van der Waals surface area contributed by atoms with Crippen LogP contribution in [0.15, 0.2) is 42.6 Å². The van der Waals surface area contributed by atoms with Gasteiger partial charge in [-0.05, 0) is 60.9 Å². The number of carbonyl (C=O) groups excluding carboxylic acids is 1. The van der Waals surface area contributed by atoms with Crippen molar-refractivity contribution in [3.63, 3.8) is 0 Å². The second-order valence-electron chi connectivity index (χ2n) is 7.61. The van der Waals surface area contributed by atoms with Crippen molar-refractivity contribution >= 4 is 16.9 Å². The zero-order chi connectivity index (χ0) is 20.8. The van der Waals surface area contributed by atoms with E-state index in [9.17, 15) is 18.0 Å². The van der Waals surface area contributed by atoms with Gasteiger partial charge in [0.25, 0.3) is 0 Å². The van der Waals surface area contributed by atoms with E-state index in [0.717, 1.165) is 5.56 Å². The molecule has 4 nitrogen and oxygen atoms in total. The van der Waals surface area contributed by atoms with Crippen LogP contribution in [-0.4, -0.2) is 22.9 Å². The molecule has 1 aliphatic carbocycles. The molecule has 1 aliphatic rings. The van der Waals surface area contributed by atoms with Gasteiger partial charge >= 0.3 is 12.5 Å². The van der Waals surface area contributed by atoms with Crippen molar-refractivity contribution in [3.05, 3.63) is 65.1 Å². The van der Waals surface area contributed by atoms with Crippen LogP contribution in [0.25, 0.3) is 10.9 Å². The average Bonchev–Trinajstić information content (AvgIpc) is 3.34. The number of hydrogen-bond acceptors (Lipinski definition) is 3. The number of benzene rings is 2. The van der Waals surface area contributed by atoms with E-state index in [1.54, 1.807) is 31.2 Å². The third kappa shape index (κ3) is 3.09. The minimum atomic E-state index is -2.73. The number of fused-ring (bicyclic) bond motifs is 1. The fourth-order valence-electron chi connectivity index (χ4n) is 4.66. The van der Waals surface area contributed by atoms with E-state index in [0.29, 0.717) is 46.0 Å². The maximum atomic E-state index is 14.2. The van der Waals surface area contributed by atoms with Gasteiger partial charge in [0.05, 0.1) is 24.2 Å². The standard InChI is InChI=1S/C22H21F3N2O2/c1-13-17(4-3-5-18(13)23)22(20(28)29-2)9-8-15(11-22)14-6-7-16-12-26-27(21(24)25)19(16)10-14/h3-7,10,12,15,21H,8-9,11H2,1-2H3/t15?,22-/m0/s1. The first-order valence-corrected chi connectivity index (χ1v) is 9.46. The van der Waals surface area contributed by atoms with Crippen LogP contribution in [0, 0.1) is 12.7 Å². The van der Waals surface area contributed by atoms with Crippen LogP contribution in [-0.2, 0) is 14.9 Å². The Morgan fingerprint density at radius 2 is 2.10 bits per heavy atom. The third-order valence-electron chi connectivity index (χ3n) is 6.15. The Bertz CT molecular complexity index is 1080. The summed E-state index contributed by atoms with van der Waals surface area (Å²) in [6.45, 7) is -1.06. The number of carbonyl (C=O) groups is 1. The van der Waals surface area contributed by atoms with Crippen LogP contribution in [0.1, 0.15) is 48.4 Å². The molecular weight excluding hydrogens is 381 g/mol. The van der Waals surface area contributed by atoms with Gasteiger partial charge in [0.2, 0.25) is 0 Å². The number of hydrogen-bond donors (Lipinski definition) is 0. The van der Waals surface area contributed by atoms with Gasteiger partial charge < -0.3 is 4.74 Å².